The highest BCUT2D eigenvalue weighted by atomic mass is 19.1. The van der Waals surface area contributed by atoms with Crippen molar-refractivity contribution in [2.24, 2.45) is 0 Å². The summed E-state index contributed by atoms with van der Waals surface area (Å²) in [6, 6.07) is 18.9. The van der Waals surface area contributed by atoms with Crippen LogP contribution in [0.2, 0.25) is 0 Å². The van der Waals surface area contributed by atoms with E-state index in [1.165, 1.54) is 12.1 Å². The molecule has 0 heterocycles. The van der Waals surface area contributed by atoms with E-state index in [4.69, 9.17) is 9.47 Å². The molecule has 1 amide bonds. The van der Waals surface area contributed by atoms with E-state index < -0.39 is 11.7 Å². The maximum absolute atomic E-state index is 14.1. The molecule has 3 aromatic rings. The minimum Gasteiger partial charge on any atom is -0.483 e. The van der Waals surface area contributed by atoms with Gasteiger partial charge in [0.25, 0.3) is 5.91 Å². The Hall–Kier alpha value is -3.67. The van der Waals surface area contributed by atoms with Crippen LogP contribution >= 0.6 is 0 Å². The van der Waals surface area contributed by atoms with Gasteiger partial charge in [0, 0.05) is 12.0 Å². The molecule has 152 valence electrons. The highest BCUT2D eigenvalue weighted by Crippen LogP contribution is 2.39. The first-order chi connectivity index (χ1) is 14.5. The van der Waals surface area contributed by atoms with E-state index in [9.17, 15) is 14.0 Å². The zero-order chi connectivity index (χ0) is 21.1. The molecule has 4 rings (SSSR count). The lowest BCUT2D eigenvalue weighted by molar-refractivity contribution is -0.118. The van der Waals surface area contributed by atoms with Gasteiger partial charge >= 0.3 is 0 Å². The molecule has 0 radical (unpaired) electrons. The maximum atomic E-state index is 14.1. The Morgan fingerprint density at radius 3 is 2.57 bits per heavy atom. The lowest BCUT2D eigenvalue weighted by Gasteiger charge is -2.14. The summed E-state index contributed by atoms with van der Waals surface area (Å²) in [5.74, 6) is 0.141. The number of benzene rings is 3. The van der Waals surface area contributed by atoms with E-state index >= 15 is 0 Å². The molecule has 0 spiro atoms. The van der Waals surface area contributed by atoms with Crippen LogP contribution in [0.25, 0.3) is 0 Å². The molecule has 1 atom stereocenters. The molecule has 6 heteroatoms. The molecule has 0 unspecified atom stereocenters. The summed E-state index contributed by atoms with van der Waals surface area (Å²) in [7, 11) is 0. The number of rotatable bonds is 6. The number of anilines is 1. The molecule has 30 heavy (non-hydrogen) atoms. The number of hydrogen-bond donors (Lipinski definition) is 1. The summed E-state index contributed by atoms with van der Waals surface area (Å²) in [6.45, 7) is 1.48. The Morgan fingerprint density at radius 2 is 1.77 bits per heavy atom. The number of para-hydroxylation sites is 3. The van der Waals surface area contributed by atoms with Crippen LogP contribution in [0.4, 0.5) is 10.1 Å². The number of carbonyl (C=O) groups is 2. The number of nitrogens with one attached hydrogen (secondary N) is 1. The summed E-state index contributed by atoms with van der Waals surface area (Å²) in [5, 5.41) is 2.75. The van der Waals surface area contributed by atoms with Crippen molar-refractivity contribution in [3.05, 3.63) is 83.7 Å². The highest BCUT2D eigenvalue weighted by Gasteiger charge is 2.32. The molecule has 0 aromatic heterocycles. The molecule has 3 aromatic carbocycles. The number of amides is 1. The van der Waals surface area contributed by atoms with Crippen LogP contribution in [0.3, 0.4) is 0 Å². The molecule has 0 aliphatic heterocycles. The van der Waals surface area contributed by atoms with E-state index in [1.54, 1.807) is 31.2 Å². The molecule has 0 saturated carbocycles. The van der Waals surface area contributed by atoms with Crippen LogP contribution < -0.4 is 14.8 Å². The second-order valence-electron chi connectivity index (χ2n) is 7.11. The van der Waals surface area contributed by atoms with Gasteiger partial charge in [-0.1, -0.05) is 37.3 Å². The van der Waals surface area contributed by atoms with Crippen LogP contribution in [0.1, 0.15) is 35.2 Å². The number of ketones is 1. The Kier molecular flexibility index (Phi) is 5.48. The van der Waals surface area contributed by atoms with Gasteiger partial charge in [-0.3, -0.25) is 9.59 Å². The van der Waals surface area contributed by atoms with Crippen molar-refractivity contribution in [3.63, 3.8) is 0 Å². The average molecular weight is 405 g/mol. The van der Waals surface area contributed by atoms with Gasteiger partial charge in [0.1, 0.15) is 17.3 Å². The van der Waals surface area contributed by atoms with E-state index in [2.05, 4.69) is 5.32 Å². The van der Waals surface area contributed by atoms with Crippen molar-refractivity contribution in [3.8, 4) is 17.2 Å². The summed E-state index contributed by atoms with van der Waals surface area (Å²) in [5.41, 5.74) is 1.09. The monoisotopic (exact) mass is 405 g/mol. The largest absolute Gasteiger partial charge is 0.483 e. The molecule has 1 aliphatic carbocycles. The van der Waals surface area contributed by atoms with Gasteiger partial charge in [-0.05, 0) is 42.3 Å². The molecule has 1 N–H and O–H groups in total. The average Bonchev–Trinajstić information content (AvgIpc) is 3.05. The standard InChI is InChI=1S/C24H20FNO4/c1-15-13-19(27)24-21(12-11-17(25)23(15)24)29-14-22(28)26-18-9-5-6-10-20(18)30-16-7-3-2-4-8-16/h2-12,15H,13-14H2,1H3,(H,26,28)/t15-/m0/s1. The predicted octanol–water partition coefficient (Wildman–Crippen LogP) is 5.33. The van der Waals surface area contributed by atoms with Crippen molar-refractivity contribution < 1.29 is 23.5 Å². The number of halogens is 1. The van der Waals surface area contributed by atoms with Crippen LogP contribution in [-0.4, -0.2) is 18.3 Å². The lowest BCUT2D eigenvalue weighted by atomic mass is 10.0. The van der Waals surface area contributed by atoms with E-state index in [-0.39, 0.29) is 36.0 Å². The number of hydrogen-bond acceptors (Lipinski definition) is 4. The molecule has 0 bridgehead atoms. The Bertz CT molecular complexity index is 1100. The van der Waals surface area contributed by atoms with Gasteiger partial charge < -0.3 is 14.8 Å². The first kappa shape index (κ1) is 19.6. The summed E-state index contributed by atoms with van der Waals surface area (Å²) in [6.07, 6.45) is 0.239. The first-order valence-corrected chi connectivity index (χ1v) is 9.63. The SMILES string of the molecule is C[C@H]1CC(=O)c2c(OCC(=O)Nc3ccccc3Oc3ccccc3)ccc(F)c21. The van der Waals surface area contributed by atoms with Gasteiger partial charge in [0.05, 0.1) is 11.3 Å². The van der Waals surface area contributed by atoms with Crippen LogP contribution in [0.5, 0.6) is 17.2 Å². The first-order valence-electron chi connectivity index (χ1n) is 9.63. The molecular weight excluding hydrogens is 385 g/mol. The zero-order valence-corrected chi connectivity index (χ0v) is 16.4. The normalized spacial score (nSPS) is 14.9. The fourth-order valence-electron chi connectivity index (χ4n) is 3.55. The Labute approximate surface area is 173 Å². The molecule has 1 aliphatic rings. The van der Waals surface area contributed by atoms with Crippen molar-refractivity contribution >= 4 is 17.4 Å². The Balaban J connectivity index is 1.45. The molecule has 0 saturated heterocycles. The summed E-state index contributed by atoms with van der Waals surface area (Å²) >= 11 is 0. The van der Waals surface area contributed by atoms with Crippen LogP contribution in [0.15, 0.2) is 66.7 Å². The van der Waals surface area contributed by atoms with Crippen molar-refractivity contribution in [2.75, 3.05) is 11.9 Å². The van der Waals surface area contributed by atoms with Gasteiger partial charge in [-0.15, -0.1) is 0 Å². The summed E-state index contributed by atoms with van der Waals surface area (Å²) in [4.78, 5) is 24.7. The topological polar surface area (TPSA) is 64.6 Å². The van der Waals surface area contributed by atoms with Gasteiger partial charge in [0.2, 0.25) is 0 Å². The molecule has 0 fully saturated rings. The second-order valence-corrected chi connectivity index (χ2v) is 7.11. The minimum atomic E-state index is -0.424. The van der Waals surface area contributed by atoms with Crippen molar-refractivity contribution in [2.45, 2.75) is 19.3 Å². The van der Waals surface area contributed by atoms with E-state index in [0.29, 0.717) is 22.7 Å². The number of Topliss-reactive ketones (excluding diaryl/α,β-unsaturated/α-hetero) is 1. The third kappa shape index (κ3) is 4.03. The molecule has 5 nitrogen and oxygen atoms in total. The third-order valence-electron chi connectivity index (χ3n) is 4.91. The quantitative estimate of drug-likeness (QED) is 0.602. The summed E-state index contributed by atoms with van der Waals surface area (Å²) < 4.78 is 25.5. The van der Waals surface area contributed by atoms with Crippen molar-refractivity contribution in [1.29, 1.82) is 0 Å². The smallest absolute Gasteiger partial charge is 0.262 e. The number of fused-ring (bicyclic) bond motifs is 1. The van der Waals surface area contributed by atoms with E-state index in [0.717, 1.165) is 0 Å². The van der Waals surface area contributed by atoms with Crippen LogP contribution in [0, 0.1) is 5.82 Å². The predicted molar refractivity (Wildman–Crippen MR) is 111 cm³/mol. The maximum Gasteiger partial charge on any atom is 0.262 e. The fourth-order valence-corrected chi connectivity index (χ4v) is 3.55. The fraction of sp³-hybridized carbons (Fsp3) is 0.167. The number of carbonyl (C=O) groups excluding carboxylic acids is 2. The van der Waals surface area contributed by atoms with Gasteiger partial charge in [-0.2, -0.15) is 0 Å². The van der Waals surface area contributed by atoms with Crippen molar-refractivity contribution in [1.82, 2.24) is 0 Å². The Morgan fingerprint density at radius 1 is 1.03 bits per heavy atom. The third-order valence-corrected chi connectivity index (χ3v) is 4.91. The van der Waals surface area contributed by atoms with Crippen LogP contribution in [-0.2, 0) is 4.79 Å². The minimum absolute atomic E-state index is 0.172. The van der Waals surface area contributed by atoms with E-state index in [1.807, 2.05) is 30.3 Å². The van der Waals surface area contributed by atoms with Gasteiger partial charge in [-0.25, -0.2) is 4.39 Å². The highest BCUT2D eigenvalue weighted by molar-refractivity contribution is 6.04. The zero-order valence-electron chi connectivity index (χ0n) is 16.4. The number of ether oxygens (including phenoxy) is 2. The molecular formula is C24H20FNO4. The lowest BCUT2D eigenvalue weighted by Crippen LogP contribution is -2.21. The second kappa shape index (κ2) is 8.37. The van der Waals surface area contributed by atoms with Gasteiger partial charge in [0.15, 0.2) is 18.1 Å².